The van der Waals surface area contributed by atoms with Crippen LogP contribution in [0.1, 0.15) is 39.7 Å². The topological polar surface area (TPSA) is 88.3 Å². The van der Waals surface area contributed by atoms with Crippen LogP contribution in [-0.2, 0) is 9.59 Å². The fourth-order valence-corrected chi connectivity index (χ4v) is 4.10. The van der Waals surface area contributed by atoms with Gasteiger partial charge in [0.25, 0.3) is 0 Å². The molecule has 8 heteroatoms. The highest BCUT2D eigenvalue weighted by atomic mass is 32.1. The Hall–Kier alpha value is -2.06. The van der Waals surface area contributed by atoms with Crippen molar-refractivity contribution in [3.05, 3.63) is 23.7 Å². The first-order chi connectivity index (χ1) is 12.4. The number of likely N-dealkylation sites (tertiary alicyclic amines) is 1. The van der Waals surface area contributed by atoms with Crippen LogP contribution in [0.4, 0.5) is 0 Å². The lowest BCUT2D eigenvalue weighted by Crippen LogP contribution is -2.45. The minimum absolute atomic E-state index is 0.0183. The van der Waals surface area contributed by atoms with Crippen molar-refractivity contribution in [2.75, 3.05) is 6.54 Å². The Morgan fingerprint density at radius 2 is 2.19 bits per heavy atom. The molecule has 1 fully saturated rings. The van der Waals surface area contributed by atoms with Gasteiger partial charge in [0, 0.05) is 19.4 Å². The Labute approximate surface area is 156 Å². The van der Waals surface area contributed by atoms with E-state index in [4.69, 9.17) is 0 Å². The number of β-amino-alcohol motifs (C(OH)–C–C–N with tert-alkyl or cyclic N) is 1. The fraction of sp³-hybridized carbons (Fsp3) is 0.556. The van der Waals surface area contributed by atoms with Crippen molar-refractivity contribution >= 4 is 23.0 Å². The Bertz CT molecular complexity index is 771. The summed E-state index contributed by atoms with van der Waals surface area (Å²) in [5.74, 6) is -0.239. The molecule has 3 unspecified atom stereocenters. The number of carbonyl (C=O) groups excluding carboxylic acids is 2. The average Bonchev–Trinajstić information content (AvgIpc) is 3.33. The van der Waals surface area contributed by atoms with E-state index in [-0.39, 0.29) is 24.2 Å². The Kier molecular flexibility index (Phi) is 5.52. The monoisotopic (exact) mass is 376 g/mol. The molecule has 3 atom stereocenters. The van der Waals surface area contributed by atoms with Gasteiger partial charge < -0.3 is 10.0 Å². The SMILES string of the molecule is CCC(=O)C1CC(O)CN1C(=O)C(C(C)C)n1cc(-c2cccs2)nn1. The minimum atomic E-state index is -0.662. The van der Waals surface area contributed by atoms with E-state index in [0.29, 0.717) is 12.8 Å². The zero-order chi connectivity index (χ0) is 18.8. The number of carbonyl (C=O) groups is 2. The molecule has 0 spiro atoms. The van der Waals surface area contributed by atoms with Crippen LogP contribution in [-0.4, -0.2) is 55.4 Å². The predicted octanol–water partition coefficient (Wildman–Crippen LogP) is 2.14. The molecule has 0 saturated carbocycles. The van der Waals surface area contributed by atoms with Gasteiger partial charge >= 0.3 is 0 Å². The van der Waals surface area contributed by atoms with Gasteiger partial charge in [-0.25, -0.2) is 4.68 Å². The van der Waals surface area contributed by atoms with Gasteiger partial charge in [0.05, 0.1) is 23.2 Å². The van der Waals surface area contributed by atoms with E-state index in [1.807, 2.05) is 31.4 Å². The van der Waals surface area contributed by atoms with Gasteiger partial charge in [0.1, 0.15) is 11.7 Å². The van der Waals surface area contributed by atoms with E-state index >= 15 is 0 Å². The number of hydrogen-bond acceptors (Lipinski definition) is 6. The Morgan fingerprint density at radius 3 is 2.81 bits per heavy atom. The zero-order valence-electron chi connectivity index (χ0n) is 15.2. The first kappa shape index (κ1) is 18.7. The molecular weight excluding hydrogens is 352 g/mol. The summed E-state index contributed by atoms with van der Waals surface area (Å²) in [6, 6.07) is 2.78. The minimum Gasteiger partial charge on any atom is -0.391 e. The van der Waals surface area contributed by atoms with Crippen molar-refractivity contribution in [3.63, 3.8) is 0 Å². The number of amides is 1. The summed E-state index contributed by atoms with van der Waals surface area (Å²) in [6.45, 7) is 5.85. The Morgan fingerprint density at radius 1 is 1.42 bits per heavy atom. The smallest absolute Gasteiger partial charge is 0.248 e. The lowest BCUT2D eigenvalue weighted by molar-refractivity contribution is -0.141. The van der Waals surface area contributed by atoms with Crippen LogP contribution in [0.5, 0.6) is 0 Å². The summed E-state index contributed by atoms with van der Waals surface area (Å²) in [5.41, 5.74) is 0.723. The molecule has 1 amide bonds. The van der Waals surface area contributed by atoms with E-state index < -0.39 is 18.2 Å². The molecule has 2 aromatic rings. The van der Waals surface area contributed by atoms with E-state index in [1.165, 1.54) is 4.90 Å². The van der Waals surface area contributed by atoms with Gasteiger partial charge in [0.15, 0.2) is 5.78 Å². The zero-order valence-corrected chi connectivity index (χ0v) is 16.0. The molecule has 1 aliphatic rings. The highest BCUT2D eigenvalue weighted by molar-refractivity contribution is 7.13. The Balaban J connectivity index is 1.88. The molecule has 3 heterocycles. The van der Waals surface area contributed by atoms with Gasteiger partial charge in [-0.15, -0.1) is 16.4 Å². The molecule has 1 N–H and O–H groups in total. The van der Waals surface area contributed by atoms with Crippen LogP contribution in [0, 0.1) is 5.92 Å². The number of hydrogen-bond donors (Lipinski definition) is 1. The summed E-state index contributed by atoms with van der Waals surface area (Å²) >= 11 is 1.56. The first-order valence-electron chi connectivity index (χ1n) is 8.89. The number of Topliss-reactive ketones (excluding diaryl/α,β-unsaturated/α-hetero) is 1. The molecule has 26 heavy (non-hydrogen) atoms. The second kappa shape index (κ2) is 7.67. The van der Waals surface area contributed by atoms with Crippen LogP contribution in [0.15, 0.2) is 23.7 Å². The maximum absolute atomic E-state index is 13.2. The standard InChI is InChI=1S/C18H24N4O3S/c1-4-15(24)14-8-12(23)9-21(14)18(25)17(11(2)3)22-10-13(19-20-22)16-6-5-7-26-16/h5-7,10-12,14,17,23H,4,8-9H2,1-3H3. The summed E-state index contributed by atoms with van der Waals surface area (Å²) < 4.78 is 1.58. The molecular formula is C18H24N4O3S. The van der Waals surface area contributed by atoms with Crippen molar-refractivity contribution in [2.24, 2.45) is 5.92 Å². The van der Waals surface area contributed by atoms with Gasteiger partial charge in [0.2, 0.25) is 5.91 Å². The molecule has 1 aliphatic heterocycles. The maximum atomic E-state index is 13.2. The van der Waals surface area contributed by atoms with E-state index in [1.54, 1.807) is 29.1 Å². The van der Waals surface area contributed by atoms with Crippen LogP contribution in [0.3, 0.4) is 0 Å². The third kappa shape index (κ3) is 3.57. The largest absolute Gasteiger partial charge is 0.391 e. The molecule has 0 radical (unpaired) electrons. The van der Waals surface area contributed by atoms with E-state index in [0.717, 1.165) is 10.6 Å². The number of aliphatic hydroxyl groups excluding tert-OH is 1. The highest BCUT2D eigenvalue weighted by Gasteiger charge is 2.41. The normalized spacial score (nSPS) is 21.3. The fourth-order valence-electron chi connectivity index (χ4n) is 3.42. The van der Waals surface area contributed by atoms with Gasteiger partial charge in [-0.05, 0) is 17.4 Å². The summed E-state index contributed by atoms with van der Waals surface area (Å²) in [4.78, 5) is 28.0. The third-order valence-electron chi connectivity index (χ3n) is 4.74. The second-order valence-corrected chi connectivity index (χ2v) is 7.91. The van der Waals surface area contributed by atoms with E-state index in [9.17, 15) is 14.7 Å². The van der Waals surface area contributed by atoms with Gasteiger partial charge in [-0.2, -0.15) is 0 Å². The first-order valence-corrected chi connectivity index (χ1v) is 9.77. The van der Waals surface area contributed by atoms with Crippen molar-refractivity contribution in [1.29, 1.82) is 0 Å². The third-order valence-corrected chi connectivity index (χ3v) is 5.63. The van der Waals surface area contributed by atoms with Crippen LogP contribution in [0.2, 0.25) is 0 Å². The number of thiophene rings is 1. The molecule has 3 rings (SSSR count). The summed E-state index contributed by atoms with van der Waals surface area (Å²) in [7, 11) is 0. The number of nitrogens with zero attached hydrogens (tertiary/aromatic N) is 4. The van der Waals surface area contributed by atoms with Crippen molar-refractivity contribution in [3.8, 4) is 10.6 Å². The number of rotatable bonds is 6. The lowest BCUT2D eigenvalue weighted by Gasteiger charge is -2.29. The predicted molar refractivity (Wildman–Crippen MR) is 98.6 cm³/mol. The summed E-state index contributed by atoms with van der Waals surface area (Å²) in [5, 5.41) is 20.3. The number of ketones is 1. The van der Waals surface area contributed by atoms with Gasteiger partial charge in [-0.3, -0.25) is 9.59 Å². The van der Waals surface area contributed by atoms with Crippen molar-refractivity contribution in [1.82, 2.24) is 19.9 Å². The highest BCUT2D eigenvalue weighted by Crippen LogP contribution is 2.29. The average molecular weight is 376 g/mol. The number of aromatic nitrogens is 3. The van der Waals surface area contributed by atoms with Crippen molar-refractivity contribution < 1.29 is 14.7 Å². The molecule has 2 aromatic heterocycles. The van der Waals surface area contributed by atoms with E-state index in [2.05, 4.69) is 10.3 Å². The summed E-state index contributed by atoms with van der Waals surface area (Å²) in [6.07, 6.45) is 1.77. The molecule has 0 aliphatic carbocycles. The molecule has 140 valence electrons. The van der Waals surface area contributed by atoms with Gasteiger partial charge in [-0.1, -0.05) is 32.1 Å². The maximum Gasteiger partial charge on any atom is 0.248 e. The molecule has 0 aromatic carbocycles. The molecule has 7 nitrogen and oxygen atoms in total. The van der Waals surface area contributed by atoms with Crippen LogP contribution < -0.4 is 0 Å². The molecule has 1 saturated heterocycles. The lowest BCUT2D eigenvalue weighted by atomic mass is 10.0. The van der Waals surface area contributed by atoms with Crippen LogP contribution >= 0.6 is 11.3 Å². The molecule has 0 bridgehead atoms. The number of aliphatic hydroxyl groups is 1. The second-order valence-electron chi connectivity index (χ2n) is 6.97. The van der Waals surface area contributed by atoms with Crippen LogP contribution in [0.25, 0.3) is 10.6 Å². The quantitative estimate of drug-likeness (QED) is 0.834. The van der Waals surface area contributed by atoms with Crippen molar-refractivity contribution in [2.45, 2.75) is 51.8 Å².